The van der Waals surface area contributed by atoms with Gasteiger partial charge in [-0.05, 0) is 38.5 Å². The highest BCUT2D eigenvalue weighted by Gasteiger charge is 2.30. The molecule has 0 radical (unpaired) electrons. The van der Waals surface area contributed by atoms with Gasteiger partial charge in [0.25, 0.3) is 0 Å². The van der Waals surface area contributed by atoms with E-state index < -0.39 is 45.7 Å². The number of hydrogen-bond acceptors (Lipinski definition) is 12. The van der Waals surface area contributed by atoms with Crippen molar-refractivity contribution in [1.29, 1.82) is 0 Å². The third-order valence-electron chi connectivity index (χ3n) is 6.09. The average Bonchev–Trinajstić information content (AvgIpc) is 3.63. The van der Waals surface area contributed by atoms with Gasteiger partial charge in [0.05, 0.1) is 31.0 Å². The number of aromatic nitrogens is 2. The molecule has 1 aliphatic rings. The molecule has 1 aliphatic heterocycles. The van der Waals surface area contributed by atoms with E-state index in [1.165, 1.54) is 12.1 Å². The Bertz CT molecular complexity index is 1710. The van der Waals surface area contributed by atoms with Crippen molar-refractivity contribution in [3.63, 3.8) is 0 Å². The number of aliphatic imine (C=N–C) groups is 1. The molecule has 0 saturated carbocycles. The van der Waals surface area contributed by atoms with Gasteiger partial charge in [-0.2, -0.15) is 18.5 Å². The molecule has 17 heteroatoms. The maximum absolute atomic E-state index is 13.1. The summed E-state index contributed by atoms with van der Waals surface area (Å²) >= 11 is 0.858. The Labute approximate surface area is 257 Å². The number of amides is 2. The highest BCUT2D eigenvalue weighted by atomic mass is 32.2. The zero-order valence-corrected chi connectivity index (χ0v) is 25.9. The number of esters is 1. The summed E-state index contributed by atoms with van der Waals surface area (Å²) in [7, 11) is -3.11. The number of ether oxygens (including phenoxy) is 2. The number of methoxy groups -OCH3 is 1. The third-order valence-corrected chi connectivity index (χ3v) is 8.14. The molecule has 1 aromatic heterocycles. The number of hydrogen-bond donors (Lipinski definition) is 3. The Morgan fingerprint density at radius 1 is 1.16 bits per heavy atom. The summed E-state index contributed by atoms with van der Waals surface area (Å²) in [5.41, 5.74) is 7.60. The van der Waals surface area contributed by atoms with Crippen LogP contribution in [-0.4, -0.2) is 78.1 Å². The molecular formula is C27H31N7O8S2. The molecule has 0 spiro atoms. The number of carbonyl (C=O) groups is 3. The van der Waals surface area contributed by atoms with Crippen molar-refractivity contribution in [2.75, 3.05) is 13.7 Å². The van der Waals surface area contributed by atoms with Crippen LogP contribution in [0.1, 0.15) is 44.7 Å². The zero-order valence-electron chi connectivity index (χ0n) is 24.3. The van der Waals surface area contributed by atoms with Gasteiger partial charge in [-0.3, -0.25) is 9.59 Å². The minimum absolute atomic E-state index is 0.00491. The van der Waals surface area contributed by atoms with Crippen LogP contribution in [0.3, 0.4) is 0 Å². The topological polar surface area (TPSA) is 214 Å². The zero-order chi connectivity index (χ0) is 32.1. The fourth-order valence-corrected chi connectivity index (χ4v) is 6.00. The van der Waals surface area contributed by atoms with E-state index in [1.807, 2.05) is 0 Å². The summed E-state index contributed by atoms with van der Waals surface area (Å²) in [6.45, 7) is 4.80. The van der Waals surface area contributed by atoms with Gasteiger partial charge in [0.1, 0.15) is 39.5 Å². The highest BCUT2D eigenvalue weighted by Crippen LogP contribution is 2.22. The molecule has 2 heterocycles. The predicted octanol–water partition coefficient (Wildman–Crippen LogP) is 1.85. The van der Waals surface area contributed by atoms with Crippen molar-refractivity contribution < 1.29 is 37.1 Å². The number of carbonyl (C=O) groups excluding carboxylic acids is 3. The second kappa shape index (κ2) is 13.4. The van der Waals surface area contributed by atoms with Gasteiger partial charge in [0.2, 0.25) is 15.9 Å². The first-order valence-corrected chi connectivity index (χ1v) is 15.5. The van der Waals surface area contributed by atoms with Crippen molar-refractivity contribution in [1.82, 2.24) is 18.8 Å². The van der Waals surface area contributed by atoms with E-state index in [4.69, 9.17) is 20.0 Å². The molecule has 44 heavy (non-hydrogen) atoms. The third kappa shape index (κ3) is 8.33. The lowest BCUT2D eigenvalue weighted by Gasteiger charge is -2.18. The van der Waals surface area contributed by atoms with Crippen LogP contribution in [0, 0.1) is 0 Å². The Kier molecular flexibility index (Phi) is 9.91. The molecule has 3 aromatic rings. The molecule has 1 unspecified atom stereocenters. The fourth-order valence-electron chi connectivity index (χ4n) is 4.05. The van der Waals surface area contributed by atoms with E-state index in [9.17, 15) is 22.8 Å². The van der Waals surface area contributed by atoms with E-state index in [0.29, 0.717) is 28.8 Å². The van der Waals surface area contributed by atoms with E-state index in [2.05, 4.69) is 28.9 Å². The summed E-state index contributed by atoms with van der Waals surface area (Å²) in [4.78, 5) is 46.0. The SMILES string of the molecule is COC(=O)[C@H](CNC(=O)CC1CC(c2ccc(/C(N)=N\C(=O)OC(C)(C)C)cc2)=NO1)NS(=O)(=O)c1cccc2nsnc12. The number of nitrogens with two attached hydrogens (primary N) is 1. The molecule has 2 atom stereocenters. The van der Waals surface area contributed by atoms with Crippen LogP contribution in [-0.2, 0) is 33.9 Å². The molecule has 4 rings (SSSR count). The number of nitrogens with zero attached hydrogens (tertiary/aromatic N) is 4. The largest absolute Gasteiger partial charge is 0.468 e. The molecule has 2 amide bonds. The monoisotopic (exact) mass is 645 g/mol. The highest BCUT2D eigenvalue weighted by molar-refractivity contribution is 7.89. The van der Waals surface area contributed by atoms with Gasteiger partial charge in [0, 0.05) is 18.5 Å². The van der Waals surface area contributed by atoms with E-state index in [-0.39, 0.29) is 29.2 Å². The Morgan fingerprint density at radius 3 is 2.57 bits per heavy atom. The summed E-state index contributed by atoms with van der Waals surface area (Å²) in [5.74, 6) is -1.39. The smallest absolute Gasteiger partial charge is 0.436 e. The van der Waals surface area contributed by atoms with Crippen molar-refractivity contribution in [2.24, 2.45) is 15.9 Å². The molecule has 0 saturated heterocycles. The van der Waals surface area contributed by atoms with Crippen molar-refractivity contribution >= 4 is 62.3 Å². The van der Waals surface area contributed by atoms with Gasteiger partial charge in [-0.15, -0.1) is 0 Å². The minimum atomic E-state index is -4.22. The number of oxime groups is 1. The fraction of sp³-hybridized carbons (Fsp3) is 0.370. The molecule has 2 aromatic carbocycles. The lowest BCUT2D eigenvalue weighted by atomic mass is 10.0. The Hall–Kier alpha value is -4.48. The molecule has 0 bridgehead atoms. The number of nitrogens with one attached hydrogen (secondary N) is 2. The summed E-state index contributed by atoms with van der Waals surface area (Å²) in [6, 6.07) is 9.85. The maximum Gasteiger partial charge on any atom is 0.436 e. The number of rotatable bonds is 10. The van der Waals surface area contributed by atoms with Crippen LogP contribution in [0.2, 0.25) is 0 Å². The number of fused-ring (bicyclic) bond motifs is 1. The normalized spacial score (nSPS) is 16.1. The lowest BCUT2D eigenvalue weighted by Crippen LogP contribution is -2.49. The molecule has 4 N–H and O–H groups in total. The first kappa shape index (κ1) is 32.4. The summed E-state index contributed by atoms with van der Waals surface area (Å²) in [5, 5.41) is 6.61. The second-order valence-corrected chi connectivity index (χ2v) is 12.8. The van der Waals surface area contributed by atoms with Gasteiger partial charge in [0.15, 0.2) is 0 Å². The molecule has 234 valence electrons. The molecule has 0 aliphatic carbocycles. The first-order chi connectivity index (χ1) is 20.8. The standard InChI is InChI=1S/C27H31N7O8S2/c1-27(2,3)41-26(37)30-24(28)16-10-8-15(9-11-16)19-12-17(42-31-19)13-22(35)29-14-20(25(36)40-4)34-44(38,39)21-7-5-6-18-23(21)33-43-32-18/h5-11,17,20,34H,12-14H2,1-4H3,(H,29,35)(H2,28,30,37)/t17?,20-/m0/s1. The maximum atomic E-state index is 13.1. The first-order valence-electron chi connectivity index (χ1n) is 13.2. The van der Waals surface area contributed by atoms with Crippen molar-refractivity contribution in [2.45, 2.75) is 56.3 Å². The quantitative estimate of drug-likeness (QED) is 0.164. The van der Waals surface area contributed by atoms with E-state index in [1.54, 1.807) is 51.1 Å². The van der Waals surface area contributed by atoms with Gasteiger partial charge >= 0.3 is 12.1 Å². The van der Waals surface area contributed by atoms with Gasteiger partial charge in [-0.25, -0.2) is 13.2 Å². The molecular weight excluding hydrogens is 614 g/mol. The Morgan fingerprint density at radius 2 is 1.89 bits per heavy atom. The predicted molar refractivity (Wildman–Crippen MR) is 161 cm³/mol. The van der Waals surface area contributed by atoms with Crippen LogP contribution in [0.25, 0.3) is 11.0 Å². The molecule has 0 fully saturated rings. The Balaban J connectivity index is 1.31. The van der Waals surface area contributed by atoms with Gasteiger partial charge < -0.3 is 25.4 Å². The van der Waals surface area contributed by atoms with Gasteiger partial charge in [-0.1, -0.05) is 35.5 Å². The van der Waals surface area contributed by atoms with Crippen LogP contribution >= 0.6 is 11.7 Å². The average molecular weight is 646 g/mol. The summed E-state index contributed by atoms with van der Waals surface area (Å²) in [6.07, 6.45) is -1.18. The number of amidine groups is 1. The summed E-state index contributed by atoms with van der Waals surface area (Å²) < 4.78 is 46.3. The number of benzene rings is 2. The number of sulfonamides is 1. The van der Waals surface area contributed by atoms with Crippen LogP contribution in [0.5, 0.6) is 0 Å². The van der Waals surface area contributed by atoms with Crippen LogP contribution < -0.4 is 15.8 Å². The second-order valence-electron chi connectivity index (χ2n) is 10.6. The van der Waals surface area contributed by atoms with Crippen LogP contribution in [0.4, 0.5) is 4.79 Å². The van der Waals surface area contributed by atoms with Crippen molar-refractivity contribution in [3.8, 4) is 0 Å². The van der Waals surface area contributed by atoms with E-state index in [0.717, 1.165) is 18.8 Å². The van der Waals surface area contributed by atoms with E-state index >= 15 is 0 Å². The minimum Gasteiger partial charge on any atom is -0.468 e. The van der Waals surface area contributed by atoms with Crippen molar-refractivity contribution in [3.05, 3.63) is 53.6 Å². The van der Waals surface area contributed by atoms with Crippen LogP contribution in [0.15, 0.2) is 57.5 Å². The molecule has 15 nitrogen and oxygen atoms in total. The lowest BCUT2D eigenvalue weighted by molar-refractivity contribution is -0.142.